The highest BCUT2D eigenvalue weighted by Crippen LogP contribution is 2.41. The molecule has 0 heteroatoms. The second-order valence-corrected chi connectivity index (χ2v) is 12.8. The smallest absolute Gasteiger partial charge is 0.0346 e. The summed E-state index contributed by atoms with van der Waals surface area (Å²) in [6.45, 7) is 18.6. The van der Waals surface area contributed by atoms with Gasteiger partial charge in [0.05, 0.1) is 0 Å². The summed E-state index contributed by atoms with van der Waals surface area (Å²) in [6.07, 6.45) is 20.0. The van der Waals surface area contributed by atoms with E-state index < -0.39 is 0 Å². The standard InChI is InChI=1S/C44H62/c1-9-17-19-21-29-39-37(27-15-7)43-31-41-35(25-13-5)33(23-11-3)34(24-12-4)36(26-14-6)42(41)32-44(43)38(28-16-8)40(39)30-22-20-18-10-2/h31-32H,9-18,23-30H2,1-8H3. The molecule has 0 aliphatic rings. The van der Waals surface area contributed by atoms with E-state index in [1.54, 1.807) is 44.2 Å². The van der Waals surface area contributed by atoms with Gasteiger partial charge in [0, 0.05) is 25.7 Å². The number of fused-ring (bicyclic) bond motifs is 2. The molecule has 0 nitrogen and oxygen atoms in total. The second kappa shape index (κ2) is 19.0. The normalized spacial score (nSPS) is 11.1. The van der Waals surface area contributed by atoms with Crippen LogP contribution >= 0.6 is 0 Å². The van der Waals surface area contributed by atoms with Gasteiger partial charge in [0.25, 0.3) is 0 Å². The van der Waals surface area contributed by atoms with Crippen LogP contribution < -0.4 is 0 Å². The van der Waals surface area contributed by atoms with Crippen LogP contribution in [0, 0.1) is 23.7 Å². The van der Waals surface area contributed by atoms with E-state index in [4.69, 9.17) is 0 Å². The van der Waals surface area contributed by atoms with Crippen molar-refractivity contribution in [3.63, 3.8) is 0 Å². The monoisotopic (exact) mass is 590 g/mol. The van der Waals surface area contributed by atoms with Crippen molar-refractivity contribution in [2.45, 2.75) is 171 Å². The minimum absolute atomic E-state index is 0.851. The Morgan fingerprint density at radius 3 is 0.864 bits per heavy atom. The zero-order chi connectivity index (χ0) is 31.9. The highest BCUT2D eigenvalue weighted by molar-refractivity contribution is 6.05. The lowest BCUT2D eigenvalue weighted by Crippen LogP contribution is -2.10. The summed E-state index contributed by atoms with van der Waals surface area (Å²) in [5.74, 6) is 14.2. The molecule has 0 radical (unpaired) electrons. The molecule has 0 unspecified atom stereocenters. The summed E-state index contributed by atoms with van der Waals surface area (Å²) in [7, 11) is 0. The Kier molecular flexibility index (Phi) is 15.4. The molecule has 0 saturated heterocycles. The first-order chi connectivity index (χ1) is 21.6. The Balaban J connectivity index is 2.61. The molecule has 0 N–H and O–H groups in total. The predicted octanol–water partition coefficient (Wildman–Crippen LogP) is 12.4. The first kappa shape index (κ1) is 35.8. The maximum absolute atomic E-state index is 3.62. The number of benzene rings is 3. The van der Waals surface area contributed by atoms with Crippen LogP contribution in [0.25, 0.3) is 21.5 Å². The fraction of sp³-hybridized carbons (Fsp3) is 0.591. The molecule has 0 atom stereocenters. The lowest BCUT2D eigenvalue weighted by atomic mass is 9.78. The van der Waals surface area contributed by atoms with Crippen molar-refractivity contribution in [3.8, 4) is 23.7 Å². The van der Waals surface area contributed by atoms with Gasteiger partial charge >= 0.3 is 0 Å². The van der Waals surface area contributed by atoms with Gasteiger partial charge in [-0.2, -0.15) is 0 Å². The van der Waals surface area contributed by atoms with E-state index in [0.29, 0.717) is 0 Å². The third-order valence-electron chi connectivity index (χ3n) is 9.17. The van der Waals surface area contributed by atoms with Crippen molar-refractivity contribution >= 4 is 21.5 Å². The molecule has 0 aliphatic carbocycles. The van der Waals surface area contributed by atoms with Crippen molar-refractivity contribution in [2.75, 3.05) is 0 Å². The number of aryl methyl sites for hydroxylation is 4. The van der Waals surface area contributed by atoms with Gasteiger partial charge in [-0.3, -0.25) is 0 Å². The number of rotatable bonds is 16. The average molecular weight is 591 g/mol. The van der Waals surface area contributed by atoms with E-state index >= 15 is 0 Å². The topological polar surface area (TPSA) is 0 Å². The molecule has 0 aromatic heterocycles. The summed E-state index contributed by atoms with van der Waals surface area (Å²) >= 11 is 0. The fourth-order valence-electron chi connectivity index (χ4n) is 7.38. The Labute approximate surface area is 272 Å². The molecule has 3 aromatic rings. The van der Waals surface area contributed by atoms with Crippen LogP contribution in [0.3, 0.4) is 0 Å². The third-order valence-corrected chi connectivity index (χ3v) is 9.17. The van der Waals surface area contributed by atoms with Gasteiger partial charge in [0.1, 0.15) is 0 Å². The van der Waals surface area contributed by atoms with Crippen LogP contribution in [0.5, 0.6) is 0 Å². The Hall–Kier alpha value is -2.70. The van der Waals surface area contributed by atoms with E-state index in [9.17, 15) is 0 Å². The summed E-state index contributed by atoms with van der Waals surface area (Å²) in [4.78, 5) is 0. The quantitative estimate of drug-likeness (QED) is 0.115. The van der Waals surface area contributed by atoms with Gasteiger partial charge in [-0.15, -0.1) is 11.8 Å². The van der Waals surface area contributed by atoms with Crippen LogP contribution in [-0.2, 0) is 51.4 Å². The first-order valence-electron chi connectivity index (χ1n) is 18.6. The van der Waals surface area contributed by atoms with Gasteiger partial charge in [0.15, 0.2) is 0 Å². The molecule has 0 amide bonds. The summed E-state index contributed by atoms with van der Waals surface area (Å²) in [5.41, 5.74) is 12.8. The van der Waals surface area contributed by atoms with Crippen molar-refractivity contribution in [2.24, 2.45) is 0 Å². The summed E-state index contributed by atoms with van der Waals surface area (Å²) < 4.78 is 0. The second-order valence-electron chi connectivity index (χ2n) is 12.8. The van der Waals surface area contributed by atoms with Gasteiger partial charge in [0.2, 0.25) is 0 Å². The largest absolute Gasteiger partial charge is 0.103 e. The number of hydrogen-bond donors (Lipinski definition) is 0. The fourth-order valence-corrected chi connectivity index (χ4v) is 7.38. The van der Waals surface area contributed by atoms with Gasteiger partial charge < -0.3 is 0 Å². The highest BCUT2D eigenvalue weighted by Gasteiger charge is 2.23. The highest BCUT2D eigenvalue weighted by atomic mass is 14.3. The molecule has 44 heavy (non-hydrogen) atoms. The zero-order valence-corrected chi connectivity index (χ0v) is 29.9. The van der Waals surface area contributed by atoms with Crippen molar-refractivity contribution in [1.29, 1.82) is 0 Å². The van der Waals surface area contributed by atoms with E-state index in [0.717, 1.165) is 64.2 Å². The molecule has 0 spiro atoms. The van der Waals surface area contributed by atoms with Gasteiger partial charge in [-0.1, -0.05) is 106 Å². The molecule has 0 saturated carbocycles. The SMILES string of the molecule is CCCC#CCc1c(CC#CCCC)c(CCC)c2cc3c(CCC)c(CCC)c(CCC)c(CCC)c3cc2c1CCC. The summed E-state index contributed by atoms with van der Waals surface area (Å²) in [6, 6.07) is 5.34. The molecule has 0 aliphatic heterocycles. The van der Waals surface area contributed by atoms with Crippen molar-refractivity contribution in [1.82, 2.24) is 0 Å². The number of unbranched alkanes of at least 4 members (excludes halogenated alkanes) is 2. The van der Waals surface area contributed by atoms with Crippen LogP contribution in [0.4, 0.5) is 0 Å². The van der Waals surface area contributed by atoms with Crippen LogP contribution in [0.2, 0.25) is 0 Å². The average Bonchev–Trinajstić information content (AvgIpc) is 3.02. The number of hydrogen-bond acceptors (Lipinski definition) is 0. The van der Waals surface area contributed by atoms with Crippen LogP contribution in [-0.4, -0.2) is 0 Å². The third kappa shape index (κ3) is 8.31. The Morgan fingerprint density at radius 1 is 0.318 bits per heavy atom. The molecular formula is C44H62. The van der Waals surface area contributed by atoms with E-state index in [1.165, 1.54) is 73.3 Å². The maximum atomic E-state index is 3.62. The van der Waals surface area contributed by atoms with Crippen molar-refractivity contribution in [3.05, 3.63) is 56.6 Å². The Morgan fingerprint density at radius 2 is 0.591 bits per heavy atom. The lowest BCUT2D eigenvalue weighted by Gasteiger charge is -2.26. The zero-order valence-electron chi connectivity index (χ0n) is 29.9. The minimum Gasteiger partial charge on any atom is -0.103 e. The van der Waals surface area contributed by atoms with Crippen LogP contribution in [0.15, 0.2) is 12.1 Å². The molecule has 0 bridgehead atoms. The predicted molar refractivity (Wildman–Crippen MR) is 198 cm³/mol. The molecule has 0 fully saturated rings. The molecular weight excluding hydrogens is 528 g/mol. The minimum atomic E-state index is 0.851. The maximum Gasteiger partial charge on any atom is 0.0346 e. The van der Waals surface area contributed by atoms with Gasteiger partial charge in [-0.05, 0) is 130 Å². The van der Waals surface area contributed by atoms with Crippen molar-refractivity contribution < 1.29 is 0 Å². The first-order valence-corrected chi connectivity index (χ1v) is 18.6. The molecule has 3 aromatic carbocycles. The van der Waals surface area contributed by atoms with E-state index in [-0.39, 0.29) is 0 Å². The molecule has 238 valence electrons. The van der Waals surface area contributed by atoms with Crippen LogP contribution in [0.1, 0.15) is 164 Å². The van der Waals surface area contributed by atoms with E-state index in [2.05, 4.69) is 91.2 Å². The molecule has 0 heterocycles. The molecule has 3 rings (SSSR count). The van der Waals surface area contributed by atoms with Gasteiger partial charge in [-0.25, -0.2) is 0 Å². The lowest BCUT2D eigenvalue weighted by molar-refractivity contribution is 0.810. The summed E-state index contributed by atoms with van der Waals surface area (Å²) in [5, 5.41) is 6.10. The van der Waals surface area contributed by atoms with E-state index in [1.807, 2.05) is 0 Å². The Bertz CT molecular complexity index is 1380.